The molecule has 0 saturated carbocycles. The molecule has 0 radical (unpaired) electrons. The summed E-state index contributed by atoms with van der Waals surface area (Å²) in [5.74, 6) is 3.70. The molecule has 6 heterocycles. The smallest absolute Gasteiger partial charge is 0.256 e. The molecule has 60 heavy (non-hydrogen) atoms. The summed E-state index contributed by atoms with van der Waals surface area (Å²) in [6, 6.07) is 66.5. The Kier molecular flexibility index (Phi) is 5.78. The summed E-state index contributed by atoms with van der Waals surface area (Å²) >= 11 is 0. The molecule has 0 aliphatic carbocycles. The zero-order valence-electron chi connectivity index (χ0n) is 32.2. The molecule has 15 rings (SSSR count). The first-order chi connectivity index (χ1) is 29.8. The maximum atomic E-state index is 6.88. The van der Waals surface area contributed by atoms with E-state index in [9.17, 15) is 0 Å². The number of aromatic nitrogens is 2. The Labute approximate surface area is 345 Å². The van der Waals surface area contributed by atoms with Gasteiger partial charge in [-0.3, -0.25) is 0 Å². The van der Waals surface area contributed by atoms with E-state index in [1.54, 1.807) is 0 Å². The second-order valence-electron chi connectivity index (χ2n) is 16.7. The minimum Gasteiger partial charge on any atom is -0.458 e. The van der Waals surface area contributed by atoms with Crippen LogP contribution in [0.4, 0.5) is 0 Å². The summed E-state index contributed by atoms with van der Waals surface area (Å²) < 4.78 is 18.8. The van der Waals surface area contributed by atoms with Crippen LogP contribution in [0.2, 0.25) is 0 Å². The van der Waals surface area contributed by atoms with Crippen molar-refractivity contribution in [2.45, 2.75) is 0 Å². The van der Waals surface area contributed by atoms with Crippen LogP contribution in [0.5, 0.6) is 23.0 Å². The molecule has 0 spiro atoms. The SMILES string of the molecule is c1ccc(-c2ccc3c(c2)B2c4ccccc4-n4c5ccc6c7ccc8c9c7n(c6c5c5ccc(c2c54)O3)-c2ccccc2B9c2cc(-c3ccccc3)ccc2O8)cc1. The molecule has 4 nitrogen and oxygen atoms in total. The van der Waals surface area contributed by atoms with Crippen molar-refractivity contribution in [3.8, 4) is 56.6 Å². The fourth-order valence-electron chi connectivity index (χ4n) is 11.4. The lowest BCUT2D eigenvalue weighted by molar-refractivity contribution is 0.487. The van der Waals surface area contributed by atoms with Crippen molar-refractivity contribution in [3.63, 3.8) is 0 Å². The lowest BCUT2D eigenvalue weighted by Gasteiger charge is -2.33. The Bertz CT molecular complexity index is 3740. The van der Waals surface area contributed by atoms with Crippen LogP contribution in [0.3, 0.4) is 0 Å². The van der Waals surface area contributed by atoms with Crippen LogP contribution < -0.4 is 42.3 Å². The molecule has 4 aliphatic heterocycles. The molecular formula is C54H30B2N2O2. The summed E-state index contributed by atoms with van der Waals surface area (Å²) in [5, 5.41) is 4.98. The van der Waals surface area contributed by atoms with Gasteiger partial charge in [-0.25, -0.2) is 0 Å². The van der Waals surface area contributed by atoms with E-state index in [4.69, 9.17) is 9.47 Å². The van der Waals surface area contributed by atoms with Gasteiger partial charge < -0.3 is 18.6 Å². The Morgan fingerprint density at radius 2 is 0.800 bits per heavy atom. The number of hydrogen-bond donors (Lipinski definition) is 0. The molecular weight excluding hydrogens is 730 g/mol. The molecule has 0 fully saturated rings. The normalized spacial score (nSPS) is 13.5. The fourth-order valence-corrected chi connectivity index (χ4v) is 11.4. The van der Waals surface area contributed by atoms with E-state index in [0.717, 1.165) is 23.0 Å². The molecule has 4 aliphatic rings. The monoisotopic (exact) mass is 760 g/mol. The van der Waals surface area contributed by atoms with Crippen molar-refractivity contribution < 1.29 is 9.47 Å². The van der Waals surface area contributed by atoms with E-state index >= 15 is 0 Å². The minimum atomic E-state index is 0.0239. The van der Waals surface area contributed by atoms with Crippen molar-refractivity contribution in [1.82, 2.24) is 9.13 Å². The van der Waals surface area contributed by atoms with Gasteiger partial charge in [-0.15, -0.1) is 0 Å². The molecule has 6 heteroatoms. The second-order valence-corrected chi connectivity index (χ2v) is 16.7. The predicted molar refractivity (Wildman–Crippen MR) is 248 cm³/mol. The highest BCUT2D eigenvalue weighted by Gasteiger charge is 2.43. The van der Waals surface area contributed by atoms with Crippen molar-refractivity contribution in [2.24, 2.45) is 0 Å². The van der Waals surface area contributed by atoms with Crippen LogP contribution in [-0.2, 0) is 0 Å². The van der Waals surface area contributed by atoms with Gasteiger partial charge in [0.25, 0.3) is 13.4 Å². The number of rotatable bonds is 2. The molecule has 0 N–H and O–H groups in total. The highest BCUT2D eigenvalue weighted by atomic mass is 16.5. The van der Waals surface area contributed by atoms with Gasteiger partial charge in [-0.05, 0) is 110 Å². The topological polar surface area (TPSA) is 28.3 Å². The predicted octanol–water partition coefficient (Wildman–Crippen LogP) is 9.09. The van der Waals surface area contributed by atoms with Gasteiger partial charge >= 0.3 is 0 Å². The quantitative estimate of drug-likeness (QED) is 0.165. The third-order valence-corrected chi connectivity index (χ3v) is 13.8. The number of fused-ring (bicyclic) bond motifs is 17. The highest BCUT2D eigenvalue weighted by molar-refractivity contribution is 7.00. The van der Waals surface area contributed by atoms with Crippen molar-refractivity contribution in [1.29, 1.82) is 0 Å². The number of ether oxygens (including phenoxy) is 2. The van der Waals surface area contributed by atoms with Crippen LogP contribution in [0.1, 0.15) is 0 Å². The molecule has 0 amide bonds. The zero-order valence-corrected chi connectivity index (χ0v) is 32.2. The standard InChI is InChI=1S/C54H30B2N2O2/c1-3-11-31(12-4-1)33-19-25-45-40(29-33)55-38-15-7-9-17-42(38)57-44-24-21-35-36-22-27-47-50-53(36)58(52(35)49(44)37-23-28-48(60-45)51(55)54(37)57)43-18-10-8-16-39(43)56(50)41-30-34(20-26-46(41)59-47)32-13-5-2-6-14-32/h1-30H. The van der Waals surface area contributed by atoms with E-state index in [-0.39, 0.29) is 13.4 Å². The van der Waals surface area contributed by atoms with Gasteiger partial charge in [0.15, 0.2) is 0 Å². The first kappa shape index (κ1) is 31.3. The molecule has 274 valence electrons. The Balaban J connectivity index is 1.04. The summed E-state index contributed by atoms with van der Waals surface area (Å²) in [4.78, 5) is 0. The number of nitrogens with zero attached hydrogens (tertiary/aromatic N) is 2. The largest absolute Gasteiger partial charge is 0.458 e. The van der Waals surface area contributed by atoms with Crippen molar-refractivity contribution >= 4 is 89.8 Å². The Hall–Kier alpha value is -7.69. The van der Waals surface area contributed by atoms with Gasteiger partial charge in [-0.2, -0.15) is 0 Å². The molecule has 0 saturated heterocycles. The van der Waals surface area contributed by atoms with E-state index in [1.807, 2.05) is 0 Å². The molecule has 0 atom stereocenters. The van der Waals surface area contributed by atoms with Crippen LogP contribution >= 0.6 is 0 Å². The third-order valence-electron chi connectivity index (χ3n) is 13.8. The Morgan fingerprint density at radius 3 is 1.40 bits per heavy atom. The molecule has 9 aromatic carbocycles. The van der Waals surface area contributed by atoms with E-state index in [2.05, 4.69) is 191 Å². The molecule has 2 aromatic heterocycles. The average molecular weight is 760 g/mol. The van der Waals surface area contributed by atoms with Crippen LogP contribution in [0, 0.1) is 0 Å². The van der Waals surface area contributed by atoms with Gasteiger partial charge in [0.1, 0.15) is 23.0 Å². The first-order valence-electron chi connectivity index (χ1n) is 20.8. The maximum absolute atomic E-state index is 6.88. The molecule has 0 unspecified atom stereocenters. The van der Waals surface area contributed by atoms with Crippen molar-refractivity contribution in [2.75, 3.05) is 0 Å². The highest BCUT2D eigenvalue weighted by Crippen LogP contribution is 2.46. The van der Waals surface area contributed by atoms with Crippen LogP contribution in [0.15, 0.2) is 182 Å². The number of para-hydroxylation sites is 2. The van der Waals surface area contributed by atoms with Crippen molar-refractivity contribution in [3.05, 3.63) is 182 Å². The van der Waals surface area contributed by atoms with Gasteiger partial charge in [0.2, 0.25) is 0 Å². The molecule has 0 bridgehead atoms. The van der Waals surface area contributed by atoms with E-state index < -0.39 is 0 Å². The minimum absolute atomic E-state index is 0.0239. The lowest BCUT2D eigenvalue weighted by Crippen LogP contribution is -2.58. The van der Waals surface area contributed by atoms with E-state index in [0.29, 0.717) is 0 Å². The van der Waals surface area contributed by atoms with Gasteiger partial charge in [0, 0.05) is 32.9 Å². The lowest BCUT2D eigenvalue weighted by atomic mass is 9.34. The van der Waals surface area contributed by atoms with E-state index in [1.165, 1.54) is 110 Å². The van der Waals surface area contributed by atoms with Crippen LogP contribution in [-0.4, -0.2) is 22.6 Å². The zero-order chi connectivity index (χ0) is 38.8. The number of benzene rings is 9. The second kappa shape index (κ2) is 11.1. The molecule has 11 aromatic rings. The summed E-state index contributed by atoms with van der Waals surface area (Å²) in [7, 11) is 0. The third kappa shape index (κ3) is 3.80. The van der Waals surface area contributed by atoms with Gasteiger partial charge in [0.05, 0.1) is 22.1 Å². The summed E-state index contributed by atoms with van der Waals surface area (Å²) in [5.41, 5.74) is 19.6. The number of hydrogen-bond acceptors (Lipinski definition) is 2. The fraction of sp³-hybridized carbons (Fsp3) is 0. The average Bonchev–Trinajstić information content (AvgIpc) is 3.84. The summed E-state index contributed by atoms with van der Waals surface area (Å²) in [6.45, 7) is 0.0524. The first-order valence-corrected chi connectivity index (χ1v) is 20.8. The van der Waals surface area contributed by atoms with Gasteiger partial charge in [-0.1, -0.05) is 127 Å². The summed E-state index contributed by atoms with van der Waals surface area (Å²) in [6.07, 6.45) is 0. The maximum Gasteiger partial charge on any atom is 0.256 e. The Morgan fingerprint density at radius 1 is 0.333 bits per heavy atom. The van der Waals surface area contributed by atoms with Crippen LogP contribution in [0.25, 0.3) is 77.2 Å².